The molecule has 2 nitrogen and oxygen atoms in total. The van der Waals surface area contributed by atoms with Crippen LogP contribution in [-0.4, -0.2) is 12.8 Å². The van der Waals surface area contributed by atoms with Crippen molar-refractivity contribution in [3.8, 4) is 5.75 Å². The van der Waals surface area contributed by atoms with Gasteiger partial charge in [0.25, 0.3) is 0 Å². The zero-order chi connectivity index (χ0) is 12.3. The van der Waals surface area contributed by atoms with Crippen molar-refractivity contribution in [3.05, 3.63) is 29.8 Å². The van der Waals surface area contributed by atoms with Crippen LogP contribution in [0.15, 0.2) is 24.3 Å². The van der Waals surface area contributed by atoms with E-state index in [4.69, 9.17) is 4.74 Å². The lowest BCUT2D eigenvalue weighted by Gasteiger charge is -2.10. The zero-order valence-electron chi connectivity index (χ0n) is 10.7. The molecule has 0 saturated heterocycles. The number of rotatable bonds is 9. The van der Waals surface area contributed by atoms with Crippen molar-refractivity contribution < 1.29 is 9.30 Å². The van der Waals surface area contributed by atoms with E-state index in [9.17, 15) is 4.57 Å². The maximum atomic E-state index is 10.4. The second-order valence-corrected chi connectivity index (χ2v) is 5.13. The fraction of sp³-hybridized carbons (Fsp3) is 0.571. The highest BCUT2D eigenvalue weighted by molar-refractivity contribution is 7.23. The summed E-state index contributed by atoms with van der Waals surface area (Å²) in [6, 6.07) is 8.28. The summed E-state index contributed by atoms with van der Waals surface area (Å²) in [7, 11) is -0.587. The van der Waals surface area contributed by atoms with Crippen molar-refractivity contribution in [1.29, 1.82) is 0 Å². The van der Waals surface area contributed by atoms with Crippen LogP contribution in [-0.2, 0) is 11.0 Å². The third-order valence-corrected chi connectivity index (χ3v) is 3.39. The Morgan fingerprint density at radius 3 is 2.76 bits per heavy atom. The molecular weight excluding hydrogens is 231 g/mol. The van der Waals surface area contributed by atoms with Crippen LogP contribution in [0.25, 0.3) is 0 Å². The highest BCUT2D eigenvalue weighted by Gasteiger charge is 2.01. The van der Waals surface area contributed by atoms with Gasteiger partial charge in [-0.1, -0.05) is 31.5 Å². The Morgan fingerprint density at radius 2 is 2.00 bits per heavy atom. The first kappa shape index (κ1) is 14.3. The number of benzene rings is 1. The Balaban J connectivity index is 2.37. The van der Waals surface area contributed by atoms with Crippen molar-refractivity contribution >= 4 is 8.46 Å². The van der Waals surface area contributed by atoms with Gasteiger partial charge < -0.3 is 9.30 Å². The third kappa shape index (κ3) is 5.93. The van der Waals surface area contributed by atoms with E-state index in [2.05, 4.69) is 19.1 Å². The molecule has 1 atom stereocenters. The first-order valence-corrected chi connectivity index (χ1v) is 7.81. The second-order valence-electron chi connectivity index (χ2n) is 4.22. The number of aryl methyl sites for hydroxylation is 1. The minimum Gasteiger partial charge on any atom is -0.493 e. The van der Waals surface area contributed by atoms with Crippen molar-refractivity contribution in [1.82, 2.24) is 0 Å². The topological polar surface area (TPSA) is 26.3 Å². The van der Waals surface area contributed by atoms with E-state index in [1.54, 1.807) is 0 Å². The van der Waals surface area contributed by atoms with Gasteiger partial charge in [-0.3, -0.25) is 0 Å². The predicted octanol–water partition coefficient (Wildman–Crippen LogP) is 3.94. The fourth-order valence-corrected chi connectivity index (χ4v) is 2.19. The summed E-state index contributed by atoms with van der Waals surface area (Å²) >= 11 is 0. The number of para-hydroxylation sites is 1. The molecule has 1 aromatic rings. The smallest absolute Gasteiger partial charge is 0.122 e. The van der Waals surface area contributed by atoms with Crippen LogP contribution in [0, 0.1) is 0 Å². The second kappa shape index (κ2) is 9.30. The number of hydrogen-bond acceptors (Lipinski definition) is 2. The van der Waals surface area contributed by atoms with Gasteiger partial charge in [0.2, 0.25) is 0 Å². The van der Waals surface area contributed by atoms with Gasteiger partial charge in [0.05, 0.1) is 15.1 Å². The SMILES string of the molecule is CCCCc1ccccc1OCCCC[PH2]=O. The summed E-state index contributed by atoms with van der Waals surface area (Å²) in [5, 5.41) is 0. The monoisotopic (exact) mass is 254 g/mol. The Kier molecular flexibility index (Phi) is 7.83. The van der Waals surface area contributed by atoms with E-state index < -0.39 is 8.46 Å². The molecule has 0 aromatic heterocycles. The Bertz CT molecular complexity index is 326. The third-order valence-electron chi connectivity index (χ3n) is 2.75. The van der Waals surface area contributed by atoms with Crippen LogP contribution in [0.2, 0.25) is 0 Å². The number of ether oxygens (including phenoxy) is 1. The molecule has 0 saturated carbocycles. The summed E-state index contributed by atoms with van der Waals surface area (Å²) in [5.74, 6) is 1.02. The highest BCUT2D eigenvalue weighted by atomic mass is 31.1. The van der Waals surface area contributed by atoms with Crippen molar-refractivity contribution in [2.75, 3.05) is 12.8 Å². The molecule has 0 aliphatic heterocycles. The number of hydrogen-bond donors (Lipinski definition) is 0. The first-order chi connectivity index (χ1) is 8.38. The van der Waals surface area contributed by atoms with Gasteiger partial charge >= 0.3 is 0 Å². The minimum atomic E-state index is -0.587. The molecule has 96 valence electrons. The molecule has 0 radical (unpaired) electrons. The van der Waals surface area contributed by atoms with E-state index in [0.717, 1.165) is 37.8 Å². The average molecular weight is 254 g/mol. The molecule has 0 amide bonds. The predicted molar refractivity (Wildman–Crippen MR) is 75.0 cm³/mol. The lowest BCUT2D eigenvalue weighted by atomic mass is 10.1. The molecule has 0 aliphatic carbocycles. The maximum absolute atomic E-state index is 10.4. The standard InChI is InChI=1S/C14H23O2P/c1-2-3-8-13-9-4-5-10-14(13)16-11-6-7-12-17-15/h4-5,9-10H,2-3,6-8,11-12,17H2,1H3. The van der Waals surface area contributed by atoms with Crippen LogP contribution < -0.4 is 4.74 Å². The summed E-state index contributed by atoms with van der Waals surface area (Å²) in [6.45, 7) is 2.94. The van der Waals surface area contributed by atoms with E-state index in [-0.39, 0.29) is 0 Å². The van der Waals surface area contributed by atoms with Crippen LogP contribution in [0.3, 0.4) is 0 Å². The van der Waals surface area contributed by atoms with Gasteiger partial charge in [-0.05, 0) is 43.5 Å². The minimum absolute atomic E-state index is 0.587. The van der Waals surface area contributed by atoms with E-state index in [0.29, 0.717) is 0 Å². The summed E-state index contributed by atoms with van der Waals surface area (Å²) in [6.07, 6.45) is 6.37. The van der Waals surface area contributed by atoms with E-state index >= 15 is 0 Å². The van der Waals surface area contributed by atoms with Gasteiger partial charge in [0.15, 0.2) is 0 Å². The normalized spacial score (nSPS) is 11.1. The first-order valence-electron chi connectivity index (χ1n) is 6.52. The Morgan fingerprint density at radius 1 is 1.18 bits per heavy atom. The van der Waals surface area contributed by atoms with Crippen LogP contribution in [0.5, 0.6) is 5.75 Å². The van der Waals surface area contributed by atoms with Gasteiger partial charge in [-0.2, -0.15) is 0 Å². The fourth-order valence-electron chi connectivity index (χ4n) is 1.73. The molecular formula is C14H23O2P. The van der Waals surface area contributed by atoms with Crippen molar-refractivity contribution in [3.63, 3.8) is 0 Å². The van der Waals surface area contributed by atoms with Crippen LogP contribution >= 0.6 is 8.46 Å². The molecule has 0 spiro atoms. The largest absolute Gasteiger partial charge is 0.493 e. The molecule has 1 unspecified atom stereocenters. The van der Waals surface area contributed by atoms with Gasteiger partial charge in [-0.25, -0.2) is 0 Å². The lowest BCUT2D eigenvalue weighted by molar-refractivity contribution is 0.306. The van der Waals surface area contributed by atoms with Crippen molar-refractivity contribution in [2.45, 2.75) is 39.0 Å². The summed E-state index contributed by atoms with van der Waals surface area (Å²) in [5.41, 5.74) is 1.31. The van der Waals surface area contributed by atoms with E-state index in [1.165, 1.54) is 18.4 Å². The number of unbranched alkanes of at least 4 members (excludes halogenated alkanes) is 2. The molecule has 1 aromatic carbocycles. The zero-order valence-corrected chi connectivity index (χ0v) is 11.8. The Labute approximate surface area is 106 Å². The highest BCUT2D eigenvalue weighted by Crippen LogP contribution is 2.20. The quantitative estimate of drug-likeness (QED) is 0.493. The average Bonchev–Trinajstić information content (AvgIpc) is 2.37. The van der Waals surface area contributed by atoms with Gasteiger partial charge in [0, 0.05) is 0 Å². The Hall–Kier alpha value is -0.750. The van der Waals surface area contributed by atoms with Crippen LogP contribution in [0.1, 0.15) is 38.2 Å². The molecule has 0 heterocycles. The molecule has 0 aliphatic rings. The van der Waals surface area contributed by atoms with Gasteiger partial charge in [0.1, 0.15) is 5.75 Å². The lowest BCUT2D eigenvalue weighted by Crippen LogP contribution is -2.00. The molecule has 3 heteroatoms. The summed E-state index contributed by atoms with van der Waals surface area (Å²) < 4.78 is 16.2. The van der Waals surface area contributed by atoms with Gasteiger partial charge in [-0.15, -0.1) is 0 Å². The summed E-state index contributed by atoms with van der Waals surface area (Å²) in [4.78, 5) is 0. The maximum Gasteiger partial charge on any atom is 0.122 e. The molecule has 0 fully saturated rings. The molecule has 17 heavy (non-hydrogen) atoms. The van der Waals surface area contributed by atoms with Crippen molar-refractivity contribution in [2.24, 2.45) is 0 Å². The van der Waals surface area contributed by atoms with Crippen LogP contribution in [0.4, 0.5) is 0 Å². The molecule has 0 N–H and O–H groups in total. The van der Waals surface area contributed by atoms with E-state index in [1.807, 2.05) is 12.1 Å². The molecule has 0 bridgehead atoms. The molecule has 1 rings (SSSR count).